The maximum Gasteiger partial charge on any atom is 0.186 e. The van der Waals surface area contributed by atoms with Crippen LogP contribution in [0, 0.1) is 0 Å². The molecule has 0 radical (unpaired) electrons. The zero-order valence-corrected chi connectivity index (χ0v) is 13.1. The van der Waals surface area contributed by atoms with E-state index in [1.54, 1.807) is 43.5 Å². The van der Waals surface area contributed by atoms with Crippen LogP contribution >= 0.6 is 11.6 Å². The molecule has 21 heavy (non-hydrogen) atoms. The smallest absolute Gasteiger partial charge is 0.186 e. The van der Waals surface area contributed by atoms with Gasteiger partial charge in [-0.1, -0.05) is 23.7 Å². The fourth-order valence-electron chi connectivity index (χ4n) is 2.05. The molecule has 0 amide bonds. The summed E-state index contributed by atoms with van der Waals surface area (Å²) < 4.78 is 30.4. The molecule has 2 N–H and O–H groups in total. The summed E-state index contributed by atoms with van der Waals surface area (Å²) in [5, 5.41) is -0.313. The van der Waals surface area contributed by atoms with Crippen LogP contribution in [0.25, 0.3) is 0 Å². The Labute approximate surface area is 129 Å². The van der Waals surface area contributed by atoms with Crippen LogP contribution in [-0.2, 0) is 9.84 Å². The van der Waals surface area contributed by atoms with Crippen molar-refractivity contribution in [2.75, 3.05) is 13.7 Å². The van der Waals surface area contributed by atoms with E-state index in [1.165, 1.54) is 12.1 Å². The second-order valence-corrected chi connectivity index (χ2v) is 7.06. The minimum atomic E-state index is -3.56. The molecule has 0 saturated carbocycles. The van der Waals surface area contributed by atoms with Gasteiger partial charge in [0.1, 0.15) is 11.0 Å². The lowest BCUT2D eigenvalue weighted by atomic mass is 10.1. The molecular weight excluding hydrogens is 310 g/mol. The van der Waals surface area contributed by atoms with Crippen molar-refractivity contribution in [1.82, 2.24) is 0 Å². The van der Waals surface area contributed by atoms with Crippen molar-refractivity contribution in [2.24, 2.45) is 5.73 Å². The van der Waals surface area contributed by atoms with Crippen molar-refractivity contribution < 1.29 is 13.2 Å². The normalized spacial score (nSPS) is 12.9. The van der Waals surface area contributed by atoms with Crippen molar-refractivity contribution >= 4 is 21.4 Å². The summed E-state index contributed by atoms with van der Waals surface area (Å²) in [7, 11) is -2.01. The summed E-state index contributed by atoms with van der Waals surface area (Å²) in [6.45, 7) is -0.00269. The lowest BCUT2D eigenvalue weighted by Gasteiger charge is -2.16. The molecule has 0 aliphatic carbocycles. The van der Waals surface area contributed by atoms with Crippen LogP contribution in [0.5, 0.6) is 5.75 Å². The van der Waals surface area contributed by atoms with E-state index < -0.39 is 15.1 Å². The van der Waals surface area contributed by atoms with Gasteiger partial charge in [-0.15, -0.1) is 0 Å². The highest BCUT2D eigenvalue weighted by molar-refractivity contribution is 7.91. The Morgan fingerprint density at radius 2 is 1.67 bits per heavy atom. The van der Waals surface area contributed by atoms with E-state index in [-0.39, 0.29) is 11.4 Å². The van der Waals surface area contributed by atoms with Gasteiger partial charge in [-0.2, -0.15) is 0 Å². The van der Waals surface area contributed by atoms with Crippen LogP contribution in [0.2, 0.25) is 5.02 Å². The zero-order valence-electron chi connectivity index (χ0n) is 11.5. The third-order valence-corrected chi connectivity index (χ3v) is 5.61. The fourth-order valence-corrected chi connectivity index (χ4v) is 3.79. The predicted molar refractivity (Wildman–Crippen MR) is 83.4 cm³/mol. The van der Waals surface area contributed by atoms with E-state index in [9.17, 15) is 8.42 Å². The van der Waals surface area contributed by atoms with Crippen LogP contribution < -0.4 is 10.5 Å². The minimum Gasteiger partial charge on any atom is -0.497 e. The molecule has 0 bridgehead atoms. The first-order valence-corrected chi connectivity index (χ1v) is 8.25. The van der Waals surface area contributed by atoms with Crippen LogP contribution in [0.1, 0.15) is 10.8 Å². The molecule has 4 nitrogen and oxygen atoms in total. The molecule has 0 aliphatic heterocycles. The molecular formula is C15H16ClNO3S. The second-order valence-electron chi connectivity index (χ2n) is 4.50. The highest BCUT2D eigenvalue weighted by atomic mass is 35.5. The van der Waals surface area contributed by atoms with Gasteiger partial charge in [-0.3, -0.25) is 0 Å². The summed E-state index contributed by atoms with van der Waals surface area (Å²) in [5.41, 5.74) is 6.32. The van der Waals surface area contributed by atoms with Crippen LogP contribution in [0.3, 0.4) is 0 Å². The Kier molecular flexibility index (Phi) is 4.88. The van der Waals surface area contributed by atoms with Gasteiger partial charge >= 0.3 is 0 Å². The van der Waals surface area contributed by atoms with Gasteiger partial charge in [0, 0.05) is 11.6 Å². The maximum atomic E-state index is 12.7. The molecule has 0 fully saturated rings. The molecule has 0 aliphatic rings. The highest BCUT2D eigenvalue weighted by Crippen LogP contribution is 2.29. The van der Waals surface area contributed by atoms with E-state index in [0.717, 1.165) is 0 Å². The quantitative estimate of drug-likeness (QED) is 0.917. The Morgan fingerprint density at radius 1 is 1.10 bits per heavy atom. The summed E-state index contributed by atoms with van der Waals surface area (Å²) in [5.74, 6) is 0.665. The van der Waals surface area contributed by atoms with Gasteiger partial charge in [0.2, 0.25) is 0 Å². The number of benzene rings is 2. The average Bonchev–Trinajstić information content (AvgIpc) is 2.49. The SMILES string of the molecule is COc1ccc([C@H](CN)S(=O)(=O)c2ccc(Cl)cc2)cc1. The van der Waals surface area contributed by atoms with Gasteiger partial charge in [-0.25, -0.2) is 8.42 Å². The standard InChI is InChI=1S/C15H16ClNO3S/c1-20-13-6-2-11(3-7-13)15(10-17)21(18,19)14-8-4-12(16)5-9-14/h2-9,15H,10,17H2,1H3/t15-/m0/s1. The number of ether oxygens (including phenoxy) is 1. The van der Waals surface area contributed by atoms with Crippen molar-refractivity contribution in [1.29, 1.82) is 0 Å². The lowest BCUT2D eigenvalue weighted by molar-refractivity contribution is 0.414. The number of nitrogens with two attached hydrogens (primary N) is 1. The van der Waals surface area contributed by atoms with E-state index >= 15 is 0 Å². The van der Waals surface area contributed by atoms with E-state index in [0.29, 0.717) is 16.3 Å². The first kappa shape index (κ1) is 15.8. The predicted octanol–water partition coefficient (Wildman–Crippen LogP) is 2.82. The van der Waals surface area contributed by atoms with Gasteiger partial charge in [0.25, 0.3) is 0 Å². The molecule has 2 aromatic rings. The first-order valence-electron chi connectivity index (χ1n) is 6.32. The highest BCUT2D eigenvalue weighted by Gasteiger charge is 2.27. The molecule has 0 saturated heterocycles. The molecule has 0 aromatic heterocycles. The molecule has 0 heterocycles. The van der Waals surface area contributed by atoms with Crippen molar-refractivity contribution in [3.63, 3.8) is 0 Å². The van der Waals surface area contributed by atoms with Gasteiger partial charge < -0.3 is 10.5 Å². The summed E-state index contributed by atoms with van der Waals surface area (Å²) in [6, 6.07) is 12.9. The number of sulfone groups is 1. The molecule has 1 atom stereocenters. The van der Waals surface area contributed by atoms with Gasteiger partial charge in [-0.05, 0) is 42.0 Å². The van der Waals surface area contributed by atoms with Crippen LogP contribution in [0.4, 0.5) is 0 Å². The lowest BCUT2D eigenvalue weighted by Crippen LogP contribution is -2.22. The monoisotopic (exact) mass is 325 g/mol. The van der Waals surface area contributed by atoms with E-state index in [4.69, 9.17) is 22.1 Å². The molecule has 2 aromatic carbocycles. The van der Waals surface area contributed by atoms with Gasteiger partial charge in [0.15, 0.2) is 9.84 Å². The van der Waals surface area contributed by atoms with Crippen molar-refractivity contribution in [3.05, 3.63) is 59.1 Å². The Bertz CT molecular complexity index is 697. The topological polar surface area (TPSA) is 69.4 Å². The number of hydrogen-bond acceptors (Lipinski definition) is 4. The Hall–Kier alpha value is -1.56. The molecule has 6 heteroatoms. The van der Waals surface area contributed by atoms with Crippen molar-refractivity contribution in [3.8, 4) is 5.75 Å². The third kappa shape index (κ3) is 3.37. The molecule has 0 spiro atoms. The fraction of sp³-hybridized carbons (Fsp3) is 0.200. The first-order chi connectivity index (χ1) is 9.98. The van der Waals surface area contributed by atoms with E-state index in [2.05, 4.69) is 0 Å². The maximum absolute atomic E-state index is 12.7. The average molecular weight is 326 g/mol. The third-order valence-electron chi connectivity index (χ3n) is 3.22. The molecule has 2 rings (SSSR count). The van der Waals surface area contributed by atoms with Gasteiger partial charge in [0.05, 0.1) is 12.0 Å². The number of rotatable bonds is 5. The van der Waals surface area contributed by atoms with E-state index in [1.807, 2.05) is 0 Å². The number of halogens is 1. The molecule has 0 unspecified atom stereocenters. The summed E-state index contributed by atoms with van der Waals surface area (Å²) in [6.07, 6.45) is 0. The number of methoxy groups -OCH3 is 1. The largest absolute Gasteiger partial charge is 0.497 e. The minimum absolute atomic E-state index is 0.00269. The summed E-state index contributed by atoms with van der Waals surface area (Å²) in [4.78, 5) is 0.207. The van der Waals surface area contributed by atoms with Crippen LogP contribution in [-0.4, -0.2) is 22.1 Å². The molecule has 112 valence electrons. The Morgan fingerprint density at radius 3 is 2.14 bits per heavy atom. The van der Waals surface area contributed by atoms with Crippen LogP contribution in [0.15, 0.2) is 53.4 Å². The Balaban J connectivity index is 2.41. The van der Waals surface area contributed by atoms with Crippen molar-refractivity contribution in [2.45, 2.75) is 10.1 Å². The number of hydrogen-bond donors (Lipinski definition) is 1. The zero-order chi connectivity index (χ0) is 15.5. The summed E-state index contributed by atoms with van der Waals surface area (Å²) >= 11 is 5.79. The second kappa shape index (κ2) is 6.47.